The molecular formula is C21H21BrF2N2O3S2. The standard InChI is InChI=1S/C21H21BrF2N2O3S2/c22-18-16(13-2-1-3-15(10-13)25-6-8-31(28,29)9-7-25)4-5-17-19(18)30-20(27)26(17)12-14-11-21(14,23)24/h1-5,10,14,18-19H,6-9,11-12H2. The summed E-state index contributed by atoms with van der Waals surface area (Å²) in [5.41, 5.74) is 3.75. The van der Waals surface area contributed by atoms with Gasteiger partial charge in [-0.05, 0) is 29.3 Å². The average molecular weight is 531 g/mol. The molecule has 0 bridgehead atoms. The van der Waals surface area contributed by atoms with Crippen molar-refractivity contribution in [3.8, 4) is 0 Å². The number of benzene rings is 1. The minimum absolute atomic E-state index is 0.0669. The molecule has 0 spiro atoms. The summed E-state index contributed by atoms with van der Waals surface area (Å²) >= 11 is 4.92. The molecule has 2 heterocycles. The van der Waals surface area contributed by atoms with E-state index in [2.05, 4.69) is 20.8 Å². The van der Waals surface area contributed by atoms with Crippen LogP contribution in [0.5, 0.6) is 0 Å². The zero-order chi connectivity index (χ0) is 22.0. The van der Waals surface area contributed by atoms with E-state index in [1.54, 1.807) is 0 Å². The number of halogens is 3. The SMILES string of the molecule is O=C1SC2C(=CC=C(c3cccc(N4CCS(=O)(=O)CC4)c3)C2Br)N1CC1CC1(F)F. The summed E-state index contributed by atoms with van der Waals surface area (Å²) < 4.78 is 50.2. The van der Waals surface area contributed by atoms with Gasteiger partial charge in [0.05, 0.1) is 21.6 Å². The van der Waals surface area contributed by atoms with Crippen LogP contribution in [0.15, 0.2) is 42.1 Å². The molecule has 3 atom stereocenters. The zero-order valence-electron chi connectivity index (χ0n) is 16.5. The summed E-state index contributed by atoms with van der Waals surface area (Å²) in [6.45, 7) is 1.01. The molecule has 0 N–H and O–H groups in total. The minimum Gasteiger partial charge on any atom is -0.369 e. The molecule has 5 nitrogen and oxygen atoms in total. The summed E-state index contributed by atoms with van der Waals surface area (Å²) in [6, 6.07) is 7.95. The van der Waals surface area contributed by atoms with Gasteiger partial charge < -0.3 is 9.80 Å². The number of carbonyl (C=O) groups is 1. The Morgan fingerprint density at radius 2 is 1.90 bits per heavy atom. The third-order valence-corrected chi connectivity index (χ3v) is 10.5. The molecule has 3 fully saturated rings. The lowest BCUT2D eigenvalue weighted by molar-refractivity contribution is 0.0940. The number of sulfone groups is 1. The third kappa shape index (κ3) is 4.06. The quantitative estimate of drug-likeness (QED) is 0.547. The normalized spacial score (nSPS) is 31.2. The molecule has 1 aromatic rings. The van der Waals surface area contributed by atoms with E-state index in [4.69, 9.17) is 0 Å². The van der Waals surface area contributed by atoms with Gasteiger partial charge in [0.15, 0.2) is 9.84 Å². The van der Waals surface area contributed by atoms with Gasteiger partial charge in [0.1, 0.15) is 0 Å². The van der Waals surface area contributed by atoms with E-state index in [-0.39, 0.29) is 39.8 Å². The topological polar surface area (TPSA) is 57.7 Å². The minimum atomic E-state index is -2.95. The Hall–Kier alpha value is -1.39. The van der Waals surface area contributed by atoms with Crippen LogP contribution >= 0.6 is 27.7 Å². The molecular weight excluding hydrogens is 510 g/mol. The molecule has 1 saturated carbocycles. The van der Waals surface area contributed by atoms with Gasteiger partial charge in [0.25, 0.3) is 11.2 Å². The molecule has 2 aliphatic carbocycles. The molecule has 0 radical (unpaired) electrons. The van der Waals surface area contributed by atoms with Crippen LogP contribution in [0.4, 0.5) is 19.3 Å². The maximum atomic E-state index is 13.4. The second kappa shape index (κ2) is 7.59. The number of anilines is 1. The largest absolute Gasteiger partial charge is 0.369 e. The maximum Gasteiger partial charge on any atom is 0.286 e. The molecule has 2 saturated heterocycles. The molecule has 0 aromatic heterocycles. The Bertz CT molecular complexity index is 1090. The average Bonchev–Trinajstić information content (AvgIpc) is 3.20. The number of hydrogen-bond donors (Lipinski definition) is 0. The van der Waals surface area contributed by atoms with Crippen molar-refractivity contribution in [2.24, 2.45) is 5.92 Å². The fraction of sp³-hybridized carbons (Fsp3) is 0.476. The first-order valence-corrected chi connectivity index (χ1v) is 13.7. The number of fused-ring (bicyclic) bond motifs is 1. The van der Waals surface area contributed by atoms with Crippen LogP contribution in [0.25, 0.3) is 5.57 Å². The lowest BCUT2D eigenvalue weighted by Crippen LogP contribution is -2.40. The van der Waals surface area contributed by atoms with Crippen molar-refractivity contribution >= 4 is 54.0 Å². The van der Waals surface area contributed by atoms with Gasteiger partial charge in [-0.1, -0.05) is 45.9 Å². The van der Waals surface area contributed by atoms with Gasteiger partial charge in [-0.2, -0.15) is 0 Å². The summed E-state index contributed by atoms with van der Waals surface area (Å²) in [4.78, 5) is 16.0. The highest BCUT2D eigenvalue weighted by molar-refractivity contribution is 9.10. The number of carbonyl (C=O) groups excluding carboxylic acids is 1. The second-order valence-electron chi connectivity index (χ2n) is 8.38. The van der Waals surface area contributed by atoms with Crippen molar-refractivity contribution in [1.82, 2.24) is 4.90 Å². The van der Waals surface area contributed by atoms with Gasteiger partial charge in [0, 0.05) is 43.4 Å². The summed E-state index contributed by atoms with van der Waals surface area (Å²) in [5, 5.41) is -0.343. The van der Waals surface area contributed by atoms with Crippen molar-refractivity contribution < 1.29 is 22.0 Å². The molecule has 3 unspecified atom stereocenters. The van der Waals surface area contributed by atoms with Gasteiger partial charge in [-0.3, -0.25) is 4.79 Å². The molecule has 10 heteroatoms. The number of amides is 1. The summed E-state index contributed by atoms with van der Waals surface area (Å²) in [5.74, 6) is -3.09. The highest BCUT2D eigenvalue weighted by Gasteiger charge is 2.58. The third-order valence-electron chi connectivity index (χ3n) is 6.30. The predicted octanol–water partition coefficient (Wildman–Crippen LogP) is 4.16. The van der Waals surface area contributed by atoms with Crippen molar-refractivity contribution in [3.05, 3.63) is 47.7 Å². The van der Waals surface area contributed by atoms with Gasteiger partial charge in [-0.15, -0.1) is 0 Å². The van der Waals surface area contributed by atoms with Crippen LogP contribution in [-0.4, -0.2) is 65.7 Å². The molecule has 5 rings (SSSR count). The molecule has 1 amide bonds. The monoisotopic (exact) mass is 530 g/mol. The first-order valence-electron chi connectivity index (χ1n) is 10.1. The molecule has 166 valence electrons. The van der Waals surface area contributed by atoms with Crippen molar-refractivity contribution in [1.29, 1.82) is 0 Å². The zero-order valence-corrected chi connectivity index (χ0v) is 19.7. The van der Waals surface area contributed by atoms with E-state index >= 15 is 0 Å². The number of rotatable bonds is 4. The van der Waals surface area contributed by atoms with E-state index in [9.17, 15) is 22.0 Å². The first kappa shape index (κ1) is 21.5. The highest BCUT2D eigenvalue weighted by Crippen LogP contribution is 2.52. The molecule has 31 heavy (non-hydrogen) atoms. The van der Waals surface area contributed by atoms with Gasteiger partial charge in [0.2, 0.25) is 0 Å². The van der Waals surface area contributed by atoms with Crippen LogP contribution < -0.4 is 4.90 Å². The smallest absolute Gasteiger partial charge is 0.286 e. The van der Waals surface area contributed by atoms with Crippen LogP contribution in [0.3, 0.4) is 0 Å². The number of allylic oxidation sites excluding steroid dienone is 3. The lowest BCUT2D eigenvalue weighted by atomic mass is 9.94. The van der Waals surface area contributed by atoms with Gasteiger partial charge in [-0.25, -0.2) is 17.2 Å². The van der Waals surface area contributed by atoms with Crippen molar-refractivity contribution in [2.75, 3.05) is 36.0 Å². The molecule has 2 aliphatic heterocycles. The Balaban J connectivity index is 1.38. The number of nitrogens with zero attached hydrogens (tertiary/aromatic N) is 2. The Morgan fingerprint density at radius 3 is 2.58 bits per heavy atom. The number of alkyl halides is 3. The van der Waals surface area contributed by atoms with E-state index in [1.807, 2.05) is 36.4 Å². The van der Waals surface area contributed by atoms with Crippen LogP contribution in [-0.2, 0) is 9.84 Å². The fourth-order valence-electron chi connectivity index (χ4n) is 4.29. The van der Waals surface area contributed by atoms with Crippen LogP contribution in [0.1, 0.15) is 12.0 Å². The Kier molecular flexibility index (Phi) is 5.25. The van der Waals surface area contributed by atoms with Crippen molar-refractivity contribution in [3.63, 3.8) is 0 Å². The van der Waals surface area contributed by atoms with E-state index in [1.165, 1.54) is 16.7 Å². The lowest BCUT2D eigenvalue weighted by Gasteiger charge is -2.30. The number of hydrogen-bond acceptors (Lipinski definition) is 5. The Labute approximate surface area is 192 Å². The predicted molar refractivity (Wildman–Crippen MR) is 123 cm³/mol. The summed E-state index contributed by atoms with van der Waals surface area (Å²) in [7, 11) is -2.95. The maximum absolute atomic E-state index is 13.4. The van der Waals surface area contributed by atoms with Crippen LogP contribution in [0.2, 0.25) is 0 Å². The summed E-state index contributed by atoms with van der Waals surface area (Å²) in [6.07, 6.45) is 3.67. The first-order chi connectivity index (χ1) is 14.6. The van der Waals surface area contributed by atoms with E-state index < -0.39 is 21.7 Å². The Morgan fingerprint density at radius 1 is 1.19 bits per heavy atom. The second-order valence-corrected chi connectivity index (χ2v) is 12.8. The molecule has 4 aliphatic rings. The van der Waals surface area contributed by atoms with E-state index in [0.29, 0.717) is 13.1 Å². The fourth-order valence-corrected chi connectivity index (χ4v) is 7.62. The van der Waals surface area contributed by atoms with Gasteiger partial charge >= 0.3 is 0 Å². The number of thioether (sulfide) groups is 1. The highest BCUT2D eigenvalue weighted by atomic mass is 79.9. The van der Waals surface area contributed by atoms with Crippen molar-refractivity contribution in [2.45, 2.75) is 22.4 Å². The van der Waals surface area contributed by atoms with E-state index in [0.717, 1.165) is 22.5 Å². The van der Waals surface area contributed by atoms with Crippen LogP contribution in [0, 0.1) is 5.92 Å². The molecule has 1 aromatic carbocycles.